The van der Waals surface area contributed by atoms with Crippen LogP contribution in [0.25, 0.3) is 32.3 Å². The van der Waals surface area contributed by atoms with Gasteiger partial charge in [0, 0.05) is 66.1 Å². The fourth-order valence-corrected chi connectivity index (χ4v) is 9.30. The van der Waals surface area contributed by atoms with E-state index in [1.807, 2.05) is 0 Å². The van der Waals surface area contributed by atoms with Crippen molar-refractivity contribution < 1.29 is 33.6 Å². The summed E-state index contributed by atoms with van der Waals surface area (Å²) >= 11 is 0. The highest BCUT2D eigenvalue weighted by Crippen LogP contribution is 2.36. The predicted octanol–water partition coefficient (Wildman–Crippen LogP) is 5.07. The molecule has 0 bridgehead atoms. The summed E-state index contributed by atoms with van der Waals surface area (Å²) in [6.45, 7) is 0.244. The Bertz CT molecular complexity index is 3400. The van der Waals surface area contributed by atoms with Gasteiger partial charge in [-0.2, -0.15) is 0 Å². The van der Waals surface area contributed by atoms with Crippen LogP contribution in [-0.4, -0.2) is 91.8 Å². The van der Waals surface area contributed by atoms with Crippen LogP contribution in [0.3, 0.4) is 0 Å². The molecule has 8 aromatic rings. The van der Waals surface area contributed by atoms with Gasteiger partial charge in [0.05, 0.1) is 35.8 Å². The Labute approximate surface area is 426 Å². The molecule has 0 saturated carbocycles. The second-order valence-electron chi connectivity index (χ2n) is 18.4. The largest absolute Gasteiger partial charge is 0.354 e. The molecule has 4 aromatic carbocycles. The lowest BCUT2D eigenvalue weighted by atomic mass is 9.90. The van der Waals surface area contributed by atoms with Gasteiger partial charge in [0.15, 0.2) is 0 Å². The van der Waals surface area contributed by atoms with Crippen molar-refractivity contribution in [3.8, 4) is 0 Å². The second-order valence-corrected chi connectivity index (χ2v) is 18.4. The number of hydrogen-bond donors (Lipinski definition) is 9. The third-order valence-corrected chi connectivity index (χ3v) is 13.0. The molecule has 4 heterocycles. The lowest BCUT2D eigenvalue weighted by molar-refractivity contribution is -0.123. The zero-order valence-electron chi connectivity index (χ0n) is 41.8. The van der Waals surface area contributed by atoms with Gasteiger partial charge >= 0.3 is 0 Å². The molecule has 4 aromatic heterocycles. The number of benzene rings is 4. The van der Waals surface area contributed by atoms with Gasteiger partial charge in [0.2, 0.25) is 17.7 Å². The average molecular weight is 1000 g/mol. The average Bonchev–Trinajstić information content (AvgIpc) is 4.16. The highest BCUT2D eigenvalue weighted by atomic mass is 16.2. The van der Waals surface area contributed by atoms with Gasteiger partial charge in [-0.3, -0.25) is 33.6 Å². The number of hydrogen-bond acceptors (Lipinski definition) is 9. The van der Waals surface area contributed by atoms with Crippen molar-refractivity contribution in [1.29, 1.82) is 0 Å². The summed E-state index contributed by atoms with van der Waals surface area (Å²) in [4.78, 5) is 91.1. The van der Waals surface area contributed by atoms with Gasteiger partial charge in [0.25, 0.3) is 23.6 Å². The molecule has 0 aliphatic carbocycles. The first kappa shape index (κ1) is 51.6. The zero-order chi connectivity index (χ0) is 52.6. The first-order chi connectivity index (χ1) is 35.6. The Hall–Kier alpha value is -8.75. The maximum absolute atomic E-state index is 13.9. The summed E-state index contributed by atoms with van der Waals surface area (Å²) in [5.41, 5.74) is 14.6. The molecule has 0 aliphatic rings. The van der Waals surface area contributed by atoms with E-state index in [1.165, 1.54) is 56.1 Å². The molecule has 384 valence electrons. The van der Waals surface area contributed by atoms with Crippen molar-refractivity contribution >= 4 is 96.4 Å². The Morgan fingerprint density at radius 2 is 0.932 bits per heavy atom. The quantitative estimate of drug-likeness (QED) is 0.0323. The van der Waals surface area contributed by atoms with Crippen LogP contribution < -0.4 is 48.7 Å². The molecule has 11 N–H and O–H groups in total. The first-order valence-electron chi connectivity index (χ1n) is 24.4. The van der Waals surface area contributed by atoms with E-state index in [0.717, 1.165) is 12.8 Å². The minimum atomic E-state index is -0.925. The molecule has 7 amide bonds. The molecule has 0 aliphatic heterocycles. The number of nitrogens with zero attached hydrogens (tertiary/aromatic N) is 4. The van der Waals surface area contributed by atoms with E-state index in [1.54, 1.807) is 77.3 Å². The molecular weight excluding hydrogens is 943 g/mol. The molecule has 20 heteroatoms. The summed E-state index contributed by atoms with van der Waals surface area (Å²) in [5, 5.41) is 27.1. The maximum Gasteiger partial charge on any atom is 0.272 e. The van der Waals surface area contributed by atoms with Crippen molar-refractivity contribution in [2.45, 2.75) is 44.6 Å². The van der Waals surface area contributed by atoms with Crippen molar-refractivity contribution in [3.63, 3.8) is 0 Å². The number of aromatic nitrogens is 4. The number of unbranched alkanes of at least 4 members (excludes halogenated alkanes) is 2. The van der Waals surface area contributed by atoms with E-state index >= 15 is 0 Å². The highest BCUT2D eigenvalue weighted by Gasteiger charge is 2.24. The number of rotatable bonds is 22. The third-order valence-electron chi connectivity index (χ3n) is 13.0. The smallest absolute Gasteiger partial charge is 0.272 e. The molecule has 0 spiro atoms. The van der Waals surface area contributed by atoms with Gasteiger partial charge in [-0.15, -0.1) is 0 Å². The zero-order valence-corrected chi connectivity index (χ0v) is 41.8. The first-order valence-corrected chi connectivity index (χ1v) is 24.4. The van der Waals surface area contributed by atoms with Gasteiger partial charge in [-0.1, -0.05) is 54.6 Å². The lowest BCUT2D eigenvalue weighted by Gasteiger charge is -2.19. The van der Waals surface area contributed by atoms with Gasteiger partial charge in [-0.05, 0) is 101 Å². The lowest BCUT2D eigenvalue weighted by Crippen LogP contribution is -2.47. The molecule has 1 atom stereocenters. The number of amides is 7. The fraction of sp³-hybridized carbons (Fsp3) is 0.278. The molecular formula is C54H61N13O7. The highest BCUT2D eigenvalue weighted by molar-refractivity contribution is 6.23. The Balaban J connectivity index is 0.876. The van der Waals surface area contributed by atoms with Crippen molar-refractivity contribution in [2.75, 3.05) is 47.4 Å². The summed E-state index contributed by atoms with van der Waals surface area (Å²) in [5.74, 6) is -2.97. The molecule has 0 fully saturated rings. The summed E-state index contributed by atoms with van der Waals surface area (Å²) in [7, 11) is 6.66. The molecule has 20 nitrogen and oxygen atoms in total. The predicted molar refractivity (Wildman–Crippen MR) is 286 cm³/mol. The maximum atomic E-state index is 13.9. The van der Waals surface area contributed by atoms with Crippen LogP contribution in [-0.2, 0) is 49.0 Å². The van der Waals surface area contributed by atoms with Crippen LogP contribution in [0, 0.1) is 0 Å². The van der Waals surface area contributed by atoms with Gasteiger partial charge < -0.3 is 67.0 Å². The number of carbonyl (C=O) groups is 7. The molecule has 74 heavy (non-hydrogen) atoms. The minimum absolute atomic E-state index is 0.198. The van der Waals surface area contributed by atoms with E-state index < -0.39 is 35.6 Å². The topological polar surface area (TPSA) is 275 Å². The molecule has 8 rings (SSSR count). The van der Waals surface area contributed by atoms with Crippen molar-refractivity contribution in [3.05, 3.63) is 132 Å². The van der Waals surface area contributed by atoms with Crippen molar-refractivity contribution in [1.82, 2.24) is 34.2 Å². The normalized spacial score (nSPS) is 11.7. The summed E-state index contributed by atoms with van der Waals surface area (Å²) in [6, 6.07) is 24.6. The fourth-order valence-electron chi connectivity index (χ4n) is 9.30. The SMILES string of the molecule is Cn1cc(NC(=O)c2cc(NC(=O)CN)cn2C)cc1C(=O)NCCCCC(NC(=O)c1cc(NC(=O)c2cc(NC(=O)CN)cn2C)cn1C)C(=O)NCCCCc1ccc2ccc3cccc4ccc1c2c34. The standard InChI is InChI=1S/C54H61N13O7/c1-64-30-38(61-52(72)43-22-36(28-65(43)2)59-46(68)26-55)24-42(64)51(71)58-21-8-6-13-41(63-54(74)45-25-39(31-67(45)4)62-53(73)44-23-37(29-66(44)3)60-47(69)27-56)50(70)57-20-7-5-10-32-14-15-35-17-16-33-11-9-12-34-18-19-40(32)49(35)48(33)34/h9,11-12,14-19,22-25,28-31,41H,5-8,10,13,20-21,26-27,55-56H2,1-4H3,(H,57,70)(H,58,71)(H,59,68)(H,60,69)(H,61,72)(H,62,73)(H,63,74). The van der Waals surface area contributed by atoms with Crippen LogP contribution in [0.5, 0.6) is 0 Å². The Morgan fingerprint density at radius 1 is 0.486 bits per heavy atom. The van der Waals surface area contributed by atoms with Crippen LogP contribution in [0.2, 0.25) is 0 Å². The van der Waals surface area contributed by atoms with Crippen LogP contribution in [0.15, 0.2) is 104 Å². The van der Waals surface area contributed by atoms with E-state index in [0.29, 0.717) is 54.3 Å². The number of nitrogens with one attached hydrogen (secondary N) is 7. The van der Waals surface area contributed by atoms with Crippen LogP contribution in [0.1, 0.15) is 79.6 Å². The van der Waals surface area contributed by atoms with Gasteiger partial charge in [0.1, 0.15) is 28.8 Å². The molecule has 0 saturated heterocycles. The van der Waals surface area contributed by atoms with E-state index in [2.05, 4.69) is 91.8 Å². The second kappa shape index (κ2) is 22.8. The van der Waals surface area contributed by atoms with Crippen molar-refractivity contribution in [2.24, 2.45) is 39.7 Å². The number of anilines is 4. The molecule has 0 radical (unpaired) electrons. The Kier molecular flexibility index (Phi) is 15.9. The minimum Gasteiger partial charge on any atom is -0.354 e. The van der Waals surface area contributed by atoms with Gasteiger partial charge in [-0.25, -0.2) is 0 Å². The van der Waals surface area contributed by atoms with E-state index in [4.69, 9.17) is 11.5 Å². The monoisotopic (exact) mass is 1000 g/mol. The summed E-state index contributed by atoms with van der Waals surface area (Å²) in [6.07, 6.45) is 9.92. The number of aryl methyl sites for hydroxylation is 5. The van der Waals surface area contributed by atoms with E-state index in [9.17, 15) is 33.6 Å². The number of nitrogens with two attached hydrogens (primary N) is 2. The van der Waals surface area contributed by atoms with Crippen LogP contribution >= 0.6 is 0 Å². The molecule has 1 unspecified atom stereocenters. The number of carbonyl (C=O) groups excluding carboxylic acids is 7. The third kappa shape index (κ3) is 11.8. The van der Waals surface area contributed by atoms with E-state index in [-0.39, 0.29) is 55.0 Å². The summed E-state index contributed by atoms with van der Waals surface area (Å²) < 4.78 is 6.26. The van der Waals surface area contributed by atoms with Crippen LogP contribution in [0.4, 0.5) is 22.7 Å². The Morgan fingerprint density at radius 3 is 1.47 bits per heavy atom.